The minimum absolute atomic E-state index is 0.171. The fourth-order valence-electron chi connectivity index (χ4n) is 3.40. The quantitative estimate of drug-likeness (QED) is 0.494. The van der Waals surface area contributed by atoms with Crippen molar-refractivity contribution in [2.45, 2.75) is 46.7 Å². The summed E-state index contributed by atoms with van der Waals surface area (Å²) in [5.41, 5.74) is 2.19. The third kappa shape index (κ3) is 7.48. The molecule has 1 unspecified atom stereocenters. The van der Waals surface area contributed by atoms with Gasteiger partial charge in [0.05, 0.1) is 18.6 Å². The summed E-state index contributed by atoms with van der Waals surface area (Å²) in [6, 6.07) is 13.5. The number of aryl methyl sites for hydroxylation is 1. The molecule has 0 aliphatic carbocycles. The molecule has 9 heteroatoms. The first-order chi connectivity index (χ1) is 16.1. The molecular formula is C25H35N3O5S. The molecule has 2 aromatic rings. The lowest BCUT2D eigenvalue weighted by Gasteiger charge is -2.32. The van der Waals surface area contributed by atoms with Gasteiger partial charge in [-0.3, -0.25) is 13.9 Å². The maximum Gasteiger partial charge on any atom is 0.244 e. The smallest absolute Gasteiger partial charge is 0.244 e. The number of nitrogens with zero attached hydrogens (tertiary/aromatic N) is 2. The number of benzene rings is 2. The van der Waals surface area contributed by atoms with Gasteiger partial charge in [0, 0.05) is 13.1 Å². The van der Waals surface area contributed by atoms with Crippen LogP contribution in [0.4, 0.5) is 5.69 Å². The number of carbonyl (C=O) groups excluding carboxylic acids is 2. The topological polar surface area (TPSA) is 96.0 Å². The first-order valence-electron chi connectivity index (χ1n) is 11.4. The fraction of sp³-hybridized carbons (Fsp3) is 0.440. The summed E-state index contributed by atoms with van der Waals surface area (Å²) in [7, 11) is -3.82. The SMILES string of the molecule is CCCNC(=O)C(C)N(Cc1ccc(C)cc1)C(=O)CN(c1ccccc1OCC)S(C)(=O)=O. The Bertz CT molecular complexity index is 1070. The molecule has 8 nitrogen and oxygen atoms in total. The number of hydrogen-bond acceptors (Lipinski definition) is 5. The van der Waals surface area contributed by atoms with Crippen LogP contribution in [0.25, 0.3) is 0 Å². The molecule has 0 aliphatic heterocycles. The first kappa shape index (κ1) is 27.2. The summed E-state index contributed by atoms with van der Waals surface area (Å²) >= 11 is 0. The van der Waals surface area contributed by atoms with Crippen LogP contribution in [0, 0.1) is 6.92 Å². The standard InChI is InChI=1S/C25H35N3O5S/c1-6-16-26-25(30)20(4)27(17-21-14-12-19(3)13-15-21)24(29)18-28(34(5,31)32)22-10-8-9-11-23(22)33-7-2/h8-15,20H,6-7,16-18H2,1-5H3,(H,26,30). The molecule has 0 saturated carbocycles. The molecule has 34 heavy (non-hydrogen) atoms. The zero-order valence-corrected chi connectivity index (χ0v) is 21.4. The summed E-state index contributed by atoms with van der Waals surface area (Å²) in [5, 5.41) is 2.82. The van der Waals surface area contributed by atoms with Gasteiger partial charge in [-0.2, -0.15) is 0 Å². The Morgan fingerprint density at radius 1 is 1.06 bits per heavy atom. The lowest BCUT2D eigenvalue weighted by molar-refractivity contribution is -0.139. The molecule has 0 aromatic heterocycles. The molecule has 0 bridgehead atoms. The first-order valence-corrected chi connectivity index (χ1v) is 13.3. The molecule has 1 atom stereocenters. The van der Waals surface area contributed by atoms with E-state index in [1.807, 2.05) is 38.1 Å². The predicted octanol–water partition coefficient (Wildman–Crippen LogP) is 3.10. The Labute approximate surface area is 202 Å². The molecule has 2 amide bonds. The Balaban J connectivity index is 2.40. The molecule has 0 spiro atoms. The molecule has 0 aliphatic rings. The van der Waals surface area contributed by atoms with E-state index in [1.54, 1.807) is 38.1 Å². The highest BCUT2D eigenvalue weighted by atomic mass is 32.2. The van der Waals surface area contributed by atoms with Crippen molar-refractivity contribution < 1.29 is 22.7 Å². The van der Waals surface area contributed by atoms with Crippen LogP contribution < -0.4 is 14.4 Å². The van der Waals surface area contributed by atoms with Crippen molar-refractivity contribution >= 4 is 27.5 Å². The Kier molecular flexibility index (Phi) is 9.92. The van der Waals surface area contributed by atoms with E-state index in [0.29, 0.717) is 18.9 Å². The molecule has 0 fully saturated rings. The van der Waals surface area contributed by atoms with Crippen LogP contribution in [0.2, 0.25) is 0 Å². The number of amides is 2. The molecule has 0 saturated heterocycles. The van der Waals surface area contributed by atoms with Crippen LogP contribution in [0.1, 0.15) is 38.3 Å². The van der Waals surface area contributed by atoms with Crippen molar-refractivity contribution in [2.75, 3.05) is 30.3 Å². The van der Waals surface area contributed by atoms with Gasteiger partial charge < -0.3 is 15.0 Å². The van der Waals surface area contributed by atoms with E-state index in [9.17, 15) is 18.0 Å². The maximum atomic E-state index is 13.5. The highest BCUT2D eigenvalue weighted by molar-refractivity contribution is 7.92. The second-order valence-electron chi connectivity index (χ2n) is 8.14. The Hall–Kier alpha value is -3.07. The monoisotopic (exact) mass is 489 g/mol. The molecular weight excluding hydrogens is 454 g/mol. The van der Waals surface area contributed by atoms with Gasteiger partial charge in [-0.05, 0) is 44.9 Å². The molecule has 186 valence electrons. The predicted molar refractivity (Wildman–Crippen MR) is 134 cm³/mol. The highest BCUT2D eigenvalue weighted by Crippen LogP contribution is 2.30. The summed E-state index contributed by atoms with van der Waals surface area (Å²) < 4.78 is 32.0. The minimum Gasteiger partial charge on any atom is -0.492 e. The van der Waals surface area contributed by atoms with Crippen LogP contribution in [-0.4, -0.2) is 57.1 Å². The summed E-state index contributed by atoms with van der Waals surface area (Å²) in [4.78, 5) is 27.7. The second-order valence-corrected chi connectivity index (χ2v) is 10.1. The molecule has 2 aromatic carbocycles. The molecule has 1 N–H and O–H groups in total. The zero-order chi connectivity index (χ0) is 25.3. The van der Waals surface area contributed by atoms with E-state index in [0.717, 1.165) is 28.1 Å². The molecule has 0 radical (unpaired) electrons. The Morgan fingerprint density at radius 3 is 2.29 bits per heavy atom. The van der Waals surface area contributed by atoms with E-state index in [-0.39, 0.29) is 18.1 Å². The number of para-hydroxylation sites is 2. The van der Waals surface area contributed by atoms with Crippen LogP contribution in [0.5, 0.6) is 5.75 Å². The summed E-state index contributed by atoms with van der Waals surface area (Å²) in [6.07, 6.45) is 1.81. The van der Waals surface area contributed by atoms with Gasteiger partial charge in [0.25, 0.3) is 0 Å². The Morgan fingerprint density at radius 2 is 1.71 bits per heavy atom. The number of rotatable bonds is 12. The van der Waals surface area contributed by atoms with Crippen LogP contribution in [-0.2, 0) is 26.2 Å². The lowest BCUT2D eigenvalue weighted by Crippen LogP contribution is -2.51. The van der Waals surface area contributed by atoms with Crippen molar-refractivity contribution in [3.05, 3.63) is 59.7 Å². The third-order valence-electron chi connectivity index (χ3n) is 5.30. The van der Waals surface area contributed by atoms with Crippen LogP contribution in [0.15, 0.2) is 48.5 Å². The number of sulfonamides is 1. The van der Waals surface area contributed by atoms with Crippen molar-refractivity contribution in [1.29, 1.82) is 0 Å². The van der Waals surface area contributed by atoms with E-state index >= 15 is 0 Å². The summed E-state index contributed by atoms with van der Waals surface area (Å²) in [6.45, 7) is 7.91. The van der Waals surface area contributed by atoms with Gasteiger partial charge in [-0.15, -0.1) is 0 Å². The number of carbonyl (C=O) groups is 2. The van der Waals surface area contributed by atoms with Gasteiger partial charge in [0.15, 0.2) is 0 Å². The normalized spacial score (nSPS) is 12.0. The molecule has 0 heterocycles. The van der Waals surface area contributed by atoms with Crippen LogP contribution >= 0.6 is 0 Å². The van der Waals surface area contributed by atoms with Gasteiger partial charge in [-0.25, -0.2) is 8.42 Å². The largest absolute Gasteiger partial charge is 0.492 e. The summed E-state index contributed by atoms with van der Waals surface area (Å²) in [5.74, 6) is -0.415. The average molecular weight is 490 g/mol. The number of nitrogens with one attached hydrogen (secondary N) is 1. The van der Waals surface area contributed by atoms with Crippen molar-refractivity contribution in [1.82, 2.24) is 10.2 Å². The van der Waals surface area contributed by atoms with Crippen LogP contribution in [0.3, 0.4) is 0 Å². The highest BCUT2D eigenvalue weighted by Gasteiger charge is 2.31. The second kappa shape index (κ2) is 12.4. The number of anilines is 1. The minimum atomic E-state index is -3.82. The van der Waals surface area contributed by atoms with Crippen molar-refractivity contribution in [3.8, 4) is 5.75 Å². The van der Waals surface area contributed by atoms with Crippen molar-refractivity contribution in [3.63, 3.8) is 0 Å². The van der Waals surface area contributed by atoms with Gasteiger partial charge in [0.2, 0.25) is 21.8 Å². The van der Waals surface area contributed by atoms with E-state index < -0.39 is 28.5 Å². The lowest BCUT2D eigenvalue weighted by atomic mass is 10.1. The van der Waals surface area contributed by atoms with E-state index in [4.69, 9.17) is 4.74 Å². The van der Waals surface area contributed by atoms with Crippen molar-refractivity contribution in [2.24, 2.45) is 0 Å². The number of hydrogen-bond donors (Lipinski definition) is 1. The van der Waals surface area contributed by atoms with E-state index in [2.05, 4.69) is 5.32 Å². The zero-order valence-electron chi connectivity index (χ0n) is 20.6. The number of ether oxygens (including phenoxy) is 1. The average Bonchev–Trinajstić information content (AvgIpc) is 2.80. The maximum absolute atomic E-state index is 13.5. The fourth-order valence-corrected chi connectivity index (χ4v) is 4.26. The third-order valence-corrected chi connectivity index (χ3v) is 6.43. The van der Waals surface area contributed by atoms with E-state index in [1.165, 1.54) is 4.90 Å². The molecule has 2 rings (SSSR count). The van der Waals surface area contributed by atoms with Gasteiger partial charge in [0.1, 0.15) is 18.3 Å². The van der Waals surface area contributed by atoms with Gasteiger partial charge >= 0.3 is 0 Å². The van der Waals surface area contributed by atoms with Gasteiger partial charge in [-0.1, -0.05) is 48.9 Å².